The van der Waals surface area contributed by atoms with Crippen molar-refractivity contribution in [3.63, 3.8) is 0 Å². The zero-order valence-corrected chi connectivity index (χ0v) is 19.8. The fourth-order valence-corrected chi connectivity index (χ4v) is 4.10. The largest absolute Gasteiger partial charge is 0.493 e. The third kappa shape index (κ3) is 6.34. The molecule has 0 radical (unpaired) electrons. The number of likely N-dealkylation sites (tertiary alicyclic amines) is 1. The zero-order chi connectivity index (χ0) is 24.7. The highest BCUT2D eigenvalue weighted by atomic mass is 19.4. The van der Waals surface area contributed by atoms with Gasteiger partial charge >= 0.3 is 6.18 Å². The molecule has 2 aromatic carbocycles. The fourth-order valence-electron chi connectivity index (χ4n) is 4.10. The van der Waals surface area contributed by atoms with Crippen molar-refractivity contribution in [3.8, 4) is 17.2 Å². The summed E-state index contributed by atoms with van der Waals surface area (Å²) < 4.78 is 55.0. The van der Waals surface area contributed by atoms with Crippen LogP contribution in [-0.4, -0.2) is 63.2 Å². The molecule has 6 nitrogen and oxygen atoms in total. The van der Waals surface area contributed by atoms with Crippen LogP contribution in [0.1, 0.15) is 40.7 Å². The van der Waals surface area contributed by atoms with E-state index in [2.05, 4.69) is 4.90 Å². The first kappa shape index (κ1) is 25.7. The minimum absolute atomic E-state index is 0.182. The van der Waals surface area contributed by atoms with Gasteiger partial charge in [0.15, 0.2) is 11.5 Å². The molecule has 1 aliphatic heterocycles. The van der Waals surface area contributed by atoms with Gasteiger partial charge in [0.25, 0.3) is 5.91 Å². The van der Waals surface area contributed by atoms with Gasteiger partial charge < -0.3 is 24.0 Å². The Morgan fingerprint density at radius 3 is 2.03 bits per heavy atom. The Balaban J connectivity index is 1.87. The van der Waals surface area contributed by atoms with Crippen LogP contribution < -0.4 is 14.2 Å². The summed E-state index contributed by atoms with van der Waals surface area (Å²) in [4.78, 5) is 17.5. The minimum atomic E-state index is -4.40. The summed E-state index contributed by atoms with van der Waals surface area (Å²) in [5.41, 5.74) is 0.250. The van der Waals surface area contributed by atoms with Crippen LogP contribution in [0.4, 0.5) is 13.2 Å². The lowest BCUT2D eigenvalue weighted by atomic mass is 10.1. The van der Waals surface area contributed by atoms with E-state index >= 15 is 0 Å². The molecule has 0 aliphatic carbocycles. The number of hydrogen-bond acceptors (Lipinski definition) is 5. The first-order valence-electron chi connectivity index (χ1n) is 11.2. The van der Waals surface area contributed by atoms with Crippen LogP contribution in [0.2, 0.25) is 0 Å². The van der Waals surface area contributed by atoms with E-state index < -0.39 is 11.7 Å². The van der Waals surface area contributed by atoms with Crippen molar-refractivity contribution in [3.05, 3.63) is 53.1 Å². The van der Waals surface area contributed by atoms with Crippen molar-refractivity contribution >= 4 is 5.91 Å². The molecule has 0 bridgehead atoms. The molecule has 1 heterocycles. The standard InChI is InChI=1S/C25H31F3N2O4/c1-32-21-15-19(16-22(33-2)23(21)34-3)24(31)30(14-13-29-11-5-4-6-12-29)17-18-7-9-20(10-8-18)25(26,27)28/h7-10,15-16H,4-6,11-14,17H2,1-3H3. The summed E-state index contributed by atoms with van der Waals surface area (Å²) in [7, 11) is 4.43. The second-order valence-electron chi connectivity index (χ2n) is 8.24. The number of carbonyl (C=O) groups excluding carboxylic acids is 1. The number of amides is 1. The van der Waals surface area contributed by atoms with Crippen molar-refractivity contribution in [2.24, 2.45) is 0 Å². The lowest BCUT2D eigenvalue weighted by Crippen LogP contribution is -2.40. The monoisotopic (exact) mass is 480 g/mol. The maximum atomic E-state index is 13.6. The van der Waals surface area contributed by atoms with Crippen LogP contribution in [0.15, 0.2) is 36.4 Å². The second kappa shape index (κ2) is 11.5. The van der Waals surface area contributed by atoms with Gasteiger partial charge in [-0.1, -0.05) is 18.6 Å². The molecule has 1 fully saturated rings. The van der Waals surface area contributed by atoms with Crippen LogP contribution >= 0.6 is 0 Å². The molecule has 9 heteroatoms. The molecule has 0 unspecified atom stereocenters. The van der Waals surface area contributed by atoms with Gasteiger partial charge in [0.2, 0.25) is 5.75 Å². The number of nitrogens with zero attached hydrogens (tertiary/aromatic N) is 2. The Labute approximate surface area is 198 Å². The van der Waals surface area contributed by atoms with Gasteiger partial charge in [-0.15, -0.1) is 0 Å². The average molecular weight is 481 g/mol. The lowest BCUT2D eigenvalue weighted by molar-refractivity contribution is -0.137. The van der Waals surface area contributed by atoms with Gasteiger partial charge in [-0.2, -0.15) is 13.2 Å². The number of alkyl halides is 3. The highest BCUT2D eigenvalue weighted by Crippen LogP contribution is 2.38. The van der Waals surface area contributed by atoms with Crippen molar-refractivity contribution in [2.75, 3.05) is 47.5 Å². The average Bonchev–Trinajstić information content (AvgIpc) is 2.85. The zero-order valence-electron chi connectivity index (χ0n) is 19.8. The minimum Gasteiger partial charge on any atom is -0.493 e. The number of piperidine rings is 1. The van der Waals surface area contributed by atoms with Crippen LogP contribution in [0.5, 0.6) is 17.2 Å². The Kier molecular flexibility index (Phi) is 8.66. The predicted molar refractivity (Wildman–Crippen MR) is 123 cm³/mol. The highest BCUT2D eigenvalue weighted by Gasteiger charge is 2.30. The maximum absolute atomic E-state index is 13.6. The SMILES string of the molecule is COc1cc(C(=O)N(CCN2CCCCC2)Cc2ccc(C(F)(F)F)cc2)cc(OC)c1OC. The first-order chi connectivity index (χ1) is 16.3. The quantitative estimate of drug-likeness (QED) is 0.513. The van der Waals surface area contributed by atoms with Crippen molar-refractivity contribution < 1.29 is 32.2 Å². The molecule has 0 atom stereocenters. The smallest absolute Gasteiger partial charge is 0.416 e. The van der Waals surface area contributed by atoms with E-state index in [0.717, 1.165) is 38.1 Å². The Hall–Kier alpha value is -2.94. The highest BCUT2D eigenvalue weighted by molar-refractivity contribution is 5.95. The van der Waals surface area contributed by atoms with Gasteiger partial charge in [-0.25, -0.2) is 0 Å². The maximum Gasteiger partial charge on any atom is 0.416 e. The van der Waals surface area contributed by atoms with Gasteiger partial charge in [0.05, 0.1) is 26.9 Å². The molecular weight excluding hydrogens is 449 g/mol. The first-order valence-corrected chi connectivity index (χ1v) is 11.2. The summed E-state index contributed by atoms with van der Waals surface area (Å²) in [5, 5.41) is 0. The number of methoxy groups -OCH3 is 3. The normalized spacial score (nSPS) is 14.5. The second-order valence-corrected chi connectivity index (χ2v) is 8.24. The topological polar surface area (TPSA) is 51.2 Å². The van der Waals surface area contributed by atoms with E-state index in [0.29, 0.717) is 41.5 Å². The fraction of sp³-hybridized carbons (Fsp3) is 0.480. The molecule has 2 aromatic rings. The third-order valence-electron chi connectivity index (χ3n) is 5.99. The Morgan fingerprint density at radius 1 is 0.941 bits per heavy atom. The van der Waals surface area contributed by atoms with E-state index in [4.69, 9.17) is 14.2 Å². The van der Waals surface area contributed by atoms with E-state index in [-0.39, 0.29) is 12.5 Å². The molecule has 1 saturated heterocycles. The number of carbonyl (C=O) groups is 1. The van der Waals surface area contributed by atoms with E-state index in [1.807, 2.05) is 0 Å². The molecule has 1 aliphatic rings. The van der Waals surface area contributed by atoms with Gasteiger partial charge in [0.1, 0.15) is 0 Å². The molecule has 34 heavy (non-hydrogen) atoms. The molecule has 0 aromatic heterocycles. The van der Waals surface area contributed by atoms with Crippen LogP contribution in [0, 0.1) is 0 Å². The number of hydrogen-bond donors (Lipinski definition) is 0. The molecule has 0 N–H and O–H groups in total. The Bertz CT molecular complexity index is 933. The van der Waals surface area contributed by atoms with E-state index in [9.17, 15) is 18.0 Å². The number of rotatable bonds is 9. The molecule has 3 rings (SSSR count). The summed E-state index contributed by atoms with van der Waals surface area (Å²) in [6.07, 6.45) is -0.950. The van der Waals surface area contributed by atoms with Crippen LogP contribution in [0.25, 0.3) is 0 Å². The van der Waals surface area contributed by atoms with E-state index in [1.165, 1.54) is 39.9 Å². The number of benzene rings is 2. The predicted octanol–water partition coefficient (Wildman–Crippen LogP) is 4.86. The number of ether oxygens (including phenoxy) is 3. The summed E-state index contributed by atoms with van der Waals surface area (Å²) in [6.45, 7) is 3.27. The van der Waals surface area contributed by atoms with Crippen molar-refractivity contribution in [1.82, 2.24) is 9.80 Å². The molecule has 0 saturated carbocycles. The van der Waals surface area contributed by atoms with E-state index in [1.54, 1.807) is 17.0 Å². The summed E-state index contributed by atoms with van der Waals surface area (Å²) in [5.74, 6) is 0.826. The Morgan fingerprint density at radius 2 is 1.53 bits per heavy atom. The van der Waals surface area contributed by atoms with Gasteiger partial charge in [-0.05, 0) is 55.8 Å². The van der Waals surface area contributed by atoms with Gasteiger partial charge in [0, 0.05) is 25.2 Å². The molecule has 1 amide bonds. The molecular formula is C25H31F3N2O4. The van der Waals surface area contributed by atoms with Gasteiger partial charge in [-0.3, -0.25) is 4.79 Å². The van der Waals surface area contributed by atoms with Crippen LogP contribution in [0.3, 0.4) is 0 Å². The summed E-state index contributed by atoms with van der Waals surface area (Å²) in [6, 6.07) is 8.09. The number of halogens is 3. The van der Waals surface area contributed by atoms with Crippen molar-refractivity contribution in [2.45, 2.75) is 32.0 Å². The van der Waals surface area contributed by atoms with Crippen molar-refractivity contribution in [1.29, 1.82) is 0 Å². The third-order valence-corrected chi connectivity index (χ3v) is 5.99. The van der Waals surface area contributed by atoms with Crippen LogP contribution in [-0.2, 0) is 12.7 Å². The molecule has 186 valence electrons. The molecule has 0 spiro atoms. The lowest BCUT2D eigenvalue weighted by Gasteiger charge is -2.30. The summed E-state index contributed by atoms with van der Waals surface area (Å²) >= 11 is 0.